The van der Waals surface area contributed by atoms with E-state index in [-0.39, 0.29) is 0 Å². The molecule has 1 N–H and O–H groups in total. The minimum absolute atomic E-state index is 0.438. The molecule has 0 bridgehead atoms. The molecule has 94 valence electrons. The Kier molecular flexibility index (Phi) is 4.58. The lowest BCUT2D eigenvalue weighted by atomic mass is 10.4. The van der Waals surface area contributed by atoms with E-state index in [1.165, 1.54) is 0 Å². The standard InChI is InChI=1S/C11H17N3O2S/c1-3-12-9-4-11(17-8-5-16-6-8)14-10(13-9)7-15-2/h4,8H,3,5-7H2,1-2H3,(H,12,13,14). The Labute approximate surface area is 105 Å². The molecule has 17 heavy (non-hydrogen) atoms. The van der Waals surface area contributed by atoms with E-state index in [0.29, 0.717) is 17.7 Å². The maximum atomic E-state index is 5.16. The summed E-state index contributed by atoms with van der Waals surface area (Å²) in [5.74, 6) is 1.57. The van der Waals surface area contributed by atoms with Crippen LogP contribution in [0.4, 0.5) is 5.82 Å². The molecule has 1 aromatic heterocycles. The Balaban J connectivity index is 2.10. The van der Waals surface area contributed by atoms with Crippen molar-refractivity contribution in [2.24, 2.45) is 0 Å². The van der Waals surface area contributed by atoms with Crippen LogP contribution in [0.2, 0.25) is 0 Å². The van der Waals surface area contributed by atoms with Gasteiger partial charge in [-0.05, 0) is 6.92 Å². The van der Waals surface area contributed by atoms with Gasteiger partial charge in [-0.2, -0.15) is 0 Å². The molecule has 5 nitrogen and oxygen atoms in total. The Bertz CT molecular complexity index is 347. The van der Waals surface area contributed by atoms with Crippen LogP contribution in [0.25, 0.3) is 0 Å². The molecular weight excluding hydrogens is 238 g/mol. The average molecular weight is 255 g/mol. The monoisotopic (exact) mass is 255 g/mol. The van der Waals surface area contributed by atoms with Crippen LogP contribution in [0.3, 0.4) is 0 Å². The Hall–Kier alpha value is -0.850. The number of ether oxygens (including phenoxy) is 2. The van der Waals surface area contributed by atoms with Crippen LogP contribution < -0.4 is 5.32 Å². The normalized spacial score (nSPS) is 15.6. The van der Waals surface area contributed by atoms with Gasteiger partial charge in [0.25, 0.3) is 0 Å². The van der Waals surface area contributed by atoms with Gasteiger partial charge in [0.15, 0.2) is 5.82 Å². The van der Waals surface area contributed by atoms with Crippen molar-refractivity contribution in [3.8, 4) is 0 Å². The van der Waals surface area contributed by atoms with Crippen molar-refractivity contribution in [1.82, 2.24) is 9.97 Å². The summed E-state index contributed by atoms with van der Waals surface area (Å²) in [4.78, 5) is 8.83. The molecule has 6 heteroatoms. The second-order valence-electron chi connectivity index (χ2n) is 3.75. The zero-order valence-corrected chi connectivity index (χ0v) is 10.9. The Morgan fingerprint density at radius 1 is 1.53 bits per heavy atom. The number of hydrogen-bond acceptors (Lipinski definition) is 6. The number of nitrogens with zero attached hydrogens (tertiary/aromatic N) is 2. The number of aromatic nitrogens is 2. The highest BCUT2D eigenvalue weighted by atomic mass is 32.2. The van der Waals surface area contributed by atoms with E-state index in [0.717, 1.165) is 30.6 Å². The molecule has 2 rings (SSSR count). The van der Waals surface area contributed by atoms with Crippen molar-refractivity contribution in [2.75, 3.05) is 32.2 Å². The summed E-state index contributed by atoms with van der Waals surface area (Å²) in [6.07, 6.45) is 0. The van der Waals surface area contributed by atoms with Crippen LogP contribution in [-0.2, 0) is 16.1 Å². The second-order valence-corrected chi connectivity index (χ2v) is 5.07. The summed E-state index contributed by atoms with van der Waals surface area (Å²) >= 11 is 1.74. The molecule has 0 unspecified atom stereocenters. The molecule has 0 spiro atoms. The molecule has 1 aliphatic rings. The van der Waals surface area contributed by atoms with Gasteiger partial charge in [0.2, 0.25) is 0 Å². The summed E-state index contributed by atoms with van der Waals surface area (Å²) < 4.78 is 10.2. The molecule has 1 fully saturated rings. The topological polar surface area (TPSA) is 56.3 Å². The number of anilines is 1. The summed E-state index contributed by atoms with van der Waals surface area (Å²) in [6, 6.07) is 1.98. The first kappa shape index (κ1) is 12.6. The largest absolute Gasteiger partial charge is 0.379 e. The maximum Gasteiger partial charge on any atom is 0.157 e. The number of nitrogens with one attached hydrogen (secondary N) is 1. The molecule has 0 atom stereocenters. The lowest BCUT2D eigenvalue weighted by Crippen LogP contribution is -2.30. The molecule has 0 aliphatic carbocycles. The van der Waals surface area contributed by atoms with E-state index < -0.39 is 0 Å². The van der Waals surface area contributed by atoms with Crippen LogP contribution in [0.5, 0.6) is 0 Å². The average Bonchev–Trinajstić information content (AvgIpc) is 2.24. The zero-order valence-electron chi connectivity index (χ0n) is 10.1. The third-order valence-corrected chi connectivity index (χ3v) is 3.33. The van der Waals surface area contributed by atoms with Crippen molar-refractivity contribution < 1.29 is 9.47 Å². The van der Waals surface area contributed by atoms with Gasteiger partial charge in [-0.1, -0.05) is 11.8 Å². The number of rotatable bonds is 6. The molecule has 2 heterocycles. The van der Waals surface area contributed by atoms with Crippen LogP contribution >= 0.6 is 11.8 Å². The van der Waals surface area contributed by atoms with E-state index >= 15 is 0 Å². The lowest BCUT2D eigenvalue weighted by Gasteiger charge is -2.24. The minimum Gasteiger partial charge on any atom is -0.379 e. The summed E-state index contributed by atoms with van der Waals surface area (Å²) in [5.41, 5.74) is 0. The highest BCUT2D eigenvalue weighted by molar-refractivity contribution is 8.00. The van der Waals surface area contributed by atoms with Crippen molar-refractivity contribution in [1.29, 1.82) is 0 Å². The van der Waals surface area contributed by atoms with Gasteiger partial charge < -0.3 is 14.8 Å². The first-order valence-electron chi connectivity index (χ1n) is 5.67. The van der Waals surface area contributed by atoms with E-state index in [1.807, 2.05) is 13.0 Å². The molecule has 0 radical (unpaired) electrons. The third-order valence-electron chi connectivity index (χ3n) is 2.28. The first-order chi connectivity index (χ1) is 8.31. The smallest absolute Gasteiger partial charge is 0.157 e. The van der Waals surface area contributed by atoms with Crippen LogP contribution in [0.15, 0.2) is 11.1 Å². The van der Waals surface area contributed by atoms with Crippen molar-refractivity contribution in [3.63, 3.8) is 0 Å². The van der Waals surface area contributed by atoms with E-state index in [1.54, 1.807) is 18.9 Å². The summed E-state index contributed by atoms with van der Waals surface area (Å²) in [7, 11) is 1.65. The van der Waals surface area contributed by atoms with Gasteiger partial charge in [0.05, 0.1) is 18.5 Å². The van der Waals surface area contributed by atoms with E-state index in [2.05, 4.69) is 15.3 Å². The van der Waals surface area contributed by atoms with E-state index in [4.69, 9.17) is 9.47 Å². The molecule has 1 aliphatic heterocycles. The quantitative estimate of drug-likeness (QED) is 0.778. The van der Waals surface area contributed by atoms with Crippen LogP contribution in [0.1, 0.15) is 12.7 Å². The predicted octanol–water partition coefficient (Wildman–Crippen LogP) is 1.55. The third kappa shape index (κ3) is 3.55. The Morgan fingerprint density at radius 3 is 2.94 bits per heavy atom. The SMILES string of the molecule is CCNc1cc(SC2COC2)nc(COC)n1. The molecule has 0 saturated carbocycles. The summed E-state index contributed by atoms with van der Waals surface area (Å²) in [6.45, 7) is 4.95. The minimum atomic E-state index is 0.438. The maximum absolute atomic E-state index is 5.16. The Morgan fingerprint density at radius 2 is 2.35 bits per heavy atom. The lowest BCUT2D eigenvalue weighted by molar-refractivity contribution is 0.0454. The summed E-state index contributed by atoms with van der Waals surface area (Å²) in [5, 5.41) is 4.71. The highest BCUT2D eigenvalue weighted by Gasteiger charge is 2.20. The molecule has 1 saturated heterocycles. The van der Waals surface area contributed by atoms with Gasteiger partial charge >= 0.3 is 0 Å². The predicted molar refractivity (Wildman–Crippen MR) is 67.4 cm³/mol. The van der Waals surface area contributed by atoms with Crippen molar-refractivity contribution >= 4 is 17.6 Å². The molecule has 0 amide bonds. The van der Waals surface area contributed by atoms with Crippen molar-refractivity contribution in [2.45, 2.75) is 23.8 Å². The fourth-order valence-corrected chi connectivity index (χ4v) is 2.46. The van der Waals surface area contributed by atoms with Gasteiger partial charge in [-0.15, -0.1) is 0 Å². The van der Waals surface area contributed by atoms with Crippen LogP contribution in [0, 0.1) is 0 Å². The molecular formula is C11H17N3O2S. The fraction of sp³-hybridized carbons (Fsp3) is 0.636. The number of thioether (sulfide) groups is 1. The number of methoxy groups -OCH3 is 1. The van der Waals surface area contributed by atoms with Gasteiger partial charge in [-0.25, -0.2) is 9.97 Å². The highest BCUT2D eigenvalue weighted by Crippen LogP contribution is 2.27. The first-order valence-corrected chi connectivity index (χ1v) is 6.55. The van der Waals surface area contributed by atoms with Crippen LogP contribution in [-0.4, -0.2) is 42.1 Å². The number of hydrogen-bond donors (Lipinski definition) is 1. The molecule has 0 aromatic carbocycles. The fourth-order valence-electron chi connectivity index (χ4n) is 1.45. The second kappa shape index (κ2) is 6.18. The van der Waals surface area contributed by atoms with Gasteiger partial charge in [-0.3, -0.25) is 0 Å². The van der Waals surface area contributed by atoms with Gasteiger partial charge in [0, 0.05) is 19.7 Å². The zero-order chi connectivity index (χ0) is 12.1. The van der Waals surface area contributed by atoms with Crippen molar-refractivity contribution in [3.05, 3.63) is 11.9 Å². The van der Waals surface area contributed by atoms with Gasteiger partial charge in [0.1, 0.15) is 17.5 Å². The van der Waals surface area contributed by atoms with E-state index in [9.17, 15) is 0 Å². The molecule has 1 aromatic rings.